The number of nitrogens with two attached hydrogens (primary N) is 1. The van der Waals surface area contributed by atoms with Crippen LogP contribution in [0.25, 0.3) is 11.0 Å². The Morgan fingerprint density at radius 3 is 3.10 bits per heavy atom. The molecule has 1 fully saturated rings. The maximum atomic E-state index is 9.28. The van der Waals surface area contributed by atoms with Crippen LogP contribution in [0.2, 0.25) is 0 Å². The van der Waals surface area contributed by atoms with Crippen LogP contribution >= 0.6 is 0 Å². The van der Waals surface area contributed by atoms with Crippen molar-refractivity contribution in [2.24, 2.45) is 13.0 Å². The Morgan fingerprint density at radius 1 is 1.45 bits per heavy atom. The van der Waals surface area contributed by atoms with Crippen LogP contribution in [0.15, 0.2) is 6.20 Å². The molecule has 0 radical (unpaired) electrons. The van der Waals surface area contributed by atoms with Gasteiger partial charge >= 0.3 is 0 Å². The Labute approximate surface area is 117 Å². The minimum Gasteiger partial charge on any atom is -0.396 e. The number of hydrogen-bond donors (Lipinski definition) is 3. The zero-order valence-corrected chi connectivity index (χ0v) is 11.6. The van der Waals surface area contributed by atoms with Crippen molar-refractivity contribution in [2.75, 3.05) is 17.7 Å². The molecule has 1 aliphatic rings. The summed E-state index contributed by atoms with van der Waals surface area (Å²) >= 11 is 0. The molecule has 2 atom stereocenters. The van der Waals surface area contributed by atoms with Crippen LogP contribution in [-0.2, 0) is 7.05 Å². The lowest BCUT2D eigenvalue weighted by atomic mass is 9.86. The minimum atomic E-state index is 0.252. The van der Waals surface area contributed by atoms with E-state index in [1.165, 1.54) is 0 Å². The first-order valence-electron chi connectivity index (χ1n) is 7.00. The molecule has 0 amide bonds. The van der Waals surface area contributed by atoms with Gasteiger partial charge in [0.1, 0.15) is 5.82 Å². The Kier molecular flexibility index (Phi) is 3.43. The number of rotatable bonds is 3. The summed E-state index contributed by atoms with van der Waals surface area (Å²) in [7, 11) is 1.83. The molecule has 0 bridgehead atoms. The van der Waals surface area contributed by atoms with Crippen LogP contribution in [0, 0.1) is 5.92 Å². The maximum Gasteiger partial charge on any atom is 0.226 e. The predicted octanol–water partition coefficient (Wildman–Crippen LogP) is 0.908. The van der Waals surface area contributed by atoms with Gasteiger partial charge in [0.05, 0.1) is 11.6 Å². The third kappa shape index (κ3) is 2.40. The smallest absolute Gasteiger partial charge is 0.226 e. The molecular formula is C13H20N6O. The van der Waals surface area contributed by atoms with Crippen molar-refractivity contribution in [3.8, 4) is 0 Å². The van der Waals surface area contributed by atoms with E-state index >= 15 is 0 Å². The molecule has 2 unspecified atom stereocenters. The second kappa shape index (κ2) is 5.24. The zero-order valence-electron chi connectivity index (χ0n) is 11.6. The lowest BCUT2D eigenvalue weighted by molar-refractivity contribution is 0.184. The highest BCUT2D eigenvalue weighted by atomic mass is 16.3. The second-order valence-corrected chi connectivity index (χ2v) is 5.49. The van der Waals surface area contributed by atoms with Crippen molar-refractivity contribution in [3.63, 3.8) is 0 Å². The fourth-order valence-corrected chi connectivity index (χ4v) is 2.88. The van der Waals surface area contributed by atoms with Gasteiger partial charge in [0.2, 0.25) is 5.95 Å². The van der Waals surface area contributed by atoms with E-state index in [0.717, 1.165) is 36.7 Å². The first kappa shape index (κ1) is 13.1. The van der Waals surface area contributed by atoms with Crippen molar-refractivity contribution in [1.29, 1.82) is 0 Å². The SMILES string of the molecule is Cn1ncc2c(N)nc(NC3CCCC(CO)C3)nc21. The van der Waals surface area contributed by atoms with Crippen molar-refractivity contribution in [3.05, 3.63) is 6.20 Å². The van der Waals surface area contributed by atoms with Gasteiger partial charge in [-0.1, -0.05) is 6.42 Å². The van der Waals surface area contributed by atoms with Crippen LogP contribution in [0.5, 0.6) is 0 Å². The highest BCUT2D eigenvalue weighted by Gasteiger charge is 2.22. The van der Waals surface area contributed by atoms with E-state index in [0.29, 0.717) is 23.7 Å². The van der Waals surface area contributed by atoms with E-state index in [2.05, 4.69) is 20.4 Å². The van der Waals surface area contributed by atoms with Gasteiger partial charge in [-0.15, -0.1) is 0 Å². The molecule has 4 N–H and O–H groups in total. The third-order valence-corrected chi connectivity index (χ3v) is 4.00. The van der Waals surface area contributed by atoms with Gasteiger partial charge in [0, 0.05) is 19.7 Å². The molecule has 0 spiro atoms. The van der Waals surface area contributed by atoms with Gasteiger partial charge in [-0.3, -0.25) is 4.68 Å². The van der Waals surface area contributed by atoms with Crippen LogP contribution < -0.4 is 11.1 Å². The standard InChI is InChI=1S/C13H20N6O/c1-19-12-10(6-15-19)11(14)17-13(18-12)16-9-4-2-3-8(5-9)7-20/h6,8-9,20H,2-5,7H2,1H3,(H3,14,16,17,18). The zero-order chi connectivity index (χ0) is 14.1. The summed E-state index contributed by atoms with van der Waals surface area (Å²) in [6.45, 7) is 0.252. The Balaban J connectivity index is 1.82. The molecular weight excluding hydrogens is 256 g/mol. The number of nitrogens with zero attached hydrogens (tertiary/aromatic N) is 4. The van der Waals surface area contributed by atoms with Gasteiger partial charge < -0.3 is 16.2 Å². The molecule has 0 saturated heterocycles. The normalized spacial score (nSPS) is 23.1. The summed E-state index contributed by atoms with van der Waals surface area (Å²) in [4.78, 5) is 8.78. The summed E-state index contributed by atoms with van der Waals surface area (Å²) in [5, 5.41) is 17.5. The molecule has 7 heteroatoms. The molecule has 2 aromatic rings. The molecule has 108 valence electrons. The Bertz CT molecular complexity index is 610. The summed E-state index contributed by atoms with van der Waals surface area (Å²) in [5.74, 6) is 1.36. The number of fused-ring (bicyclic) bond motifs is 1. The highest BCUT2D eigenvalue weighted by Crippen LogP contribution is 2.26. The van der Waals surface area contributed by atoms with Crippen LogP contribution in [0.4, 0.5) is 11.8 Å². The maximum absolute atomic E-state index is 9.28. The van der Waals surface area contributed by atoms with E-state index in [9.17, 15) is 5.11 Å². The summed E-state index contributed by atoms with van der Waals surface area (Å²) < 4.78 is 1.69. The number of anilines is 2. The number of hydrogen-bond acceptors (Lipinski definition) is 6. The second-order valence-electron chi connectivity index (χ2n) is 5.49. The highest BCUT2D eigenvalue weighted by molar-refractivity contribution is 5.86. The Morgan fingerprint density at radius 2 is 2.30 bits per heavy atom. The molecule has 0 aromatic carbocycles. The third-order valence-electron chi connectivity index (χ3n) is 4.00. The molecule has 20 heavy (non-hydrogen) atoms. The minimum absolute atomic E-state index is 0.252. The van der Waals surface area contributed by atoms with Crippen molar-refractivity contribution in [1.82, 2.24) is 19.7 Å². The fraction of sp³-hybridized carbons (Fsp3) is 0.615. The van der Waals surface area contributed by atoms with Crippen LogP contribution in [-0.4, -0.2) is 37.5 Å². The average Bonchev–Trinajstić information content (AvgIpc) is 2.81. The lowest BCUT2D eigenvalue weighted by Crippen LogP contribution is -2.29. The fourth-order valence-electron chi connectivity index (χ4n) is 2.88. The predicted molar refractivity (Wildman–Crippen MR) is 77.2 cm³/mol. The van der Waals surface area contributed by atoms with Crippen LogP contribution in [0.1, 0.15) is 25.7 Å². The first-order valence-corrected chi connectivity index (χ1v) is 7.00. The van der Waals surface area contributed by atoms with Crippen molar-refractivity contribution >= 4 is 22.8 Å². The van der Waals surface area contributed by atoms with E-state index in [1.54, 1.807) is 10.9 Å². The van der Waals surface area contributed by atoms with Gasteiger partial charge in [-0.2, -0.15) is 15.1 Å². The summed E-state index contributed by atoms with van der Waals surface area (Å²) in [5.41, 5.74) is 6.68. The Hall–Kier alpha value is -1.89. The lowest BCUT2D eigenvalue weighted by Gasteiger charge is -2.28. The van der Waals surface area contributed by atoms with E-state index in [4.69, 9.17) is 5.73 Å². The molecule has 2 heterocycles. The largest absolute Gasteiger partial charge is 0.396 e. The monoisotopic (exact) mass is 276 g/mol. The number of aliphatic hydroxyl groups is 1. The van der Waals surface area contributed by atoms with Crippen molar-refractivity contribution < 1.29 is 5.11 Å². The number of nitrogen functional groups attached to an aromatic ring is 1. The number of aliphatic hydroxyl groups excluding tert-OH is 1. The van der Waals surface area contributed by atoms with E-state index in [-0.39, 0.29) is 6.61 Å². The molecule has 2 aromatic heterocycles. The van der Waals surface area contributed by atoms with Gasteiger partial charge in [-0.05, 0) is 25.2 Å². The molecule has 1 aliphatic carbocycles. The van der Waals surface area contributed by atoms with Gasteiger partial charge in [-0.25, -0.2) is 0 Å². The van der Waals surface area contributed by atoms with E-state index < -0.39 is 0 Å². The summed E-state index contributed by atoms with van der Waals surface area (Å²) in [6, 6.07) is 0.297. The molecule has 1 saturated carbocycles. The molecule has 7 nitrogen and oxygen atoms in total. The number of nitrogens with one attached hydrogen (secondary N) is 1. The first-order chi connectivity index (χ1) is 9.67. The topological polar surface area (TPSA) is 102 Å². The van der Waals surface area contributed by atoms with Crippen molar-refractivity contribution in [2.45, 2.75) is 31.7 Å². The van der Waals surface area contributed by atoms with Gasteiger partial charge in [0.25, 0.3) is 0 Å². The quantitative estimate of drug-likeness (QED) is 0.770. The molecule has 3 rings (SSSR count). The summed E-state index contributed by atoms with van der Waals surface area (Å²) in [6.07, 6.45) is 5.91. The number of aromatic nitrogens is 4. The number of aryl methyl sites for hydroxylation is 1. The average molecular weight is 276 g/mol. The molecule has 0 aliphatic heterocycles. The van der Waals surface area contributed by atoms with E-state index in [1.807, 2.05) is 7.05 Å². The van der Waals surface area contributed by atoms with Gasteiger partial charge in [0.15, 0.2) is 5.65 Å². The van der Waals surface area contributed by atoms with Crippen LogP contribution in [0.3, 0.4) is 0 Å².